The van der Waals surface area contributed by atoms with E-state index in [9.17, 15) is 5.26 Å². The fraction of sp³-hybridized carbons (Fsp3) is 0.156. The molecule has 0 saturated carbocycles. The highest BCUT2D eigenvalue weighted by Crippen LogP contribution is 2.42. The van der Waals surface area contributed by atoms with Crippen molar-refractivity contribution in [3.63, 3.8) is 0 Å². The van der Waals surface area contributed by atoms with Gasteiger partial charge in [0.1, 0.15) is 6.07 Å². The molecular weight excluding hydrogens is 511 g/mol. The Kier molecular flexibility index (Phi) is 8.49. The normalized spacial score (nSPS) is 10.5. The largest absolute Gasteiger partial charge is 0.369 e. The number of nitriles is 2. The molecule has 0 atom stereocenters. The minimum atomic E-state index is 0.354. The van der Waals surface area contributed by atoms with Gasteiger partial charge in [-0.15, -0.1) is 0 Å². The summed E-state index contributed by atoms with van der Waals surface area (Å²) in [5.74, 6) is 0. The van der Waals surface area contributed by atoms with E-state index in [1.807, 2.05) is 80.7 Å². The molecular formula is C32H26Cl2N4. The molecule has 0 radical (unpaired) electrons. The van der Waals surface area contributed by atoms with Gasteiger partial charge in [0.05, 0.1) is 45.2 Å². The Bertz CT molecular complexity index is 1590. The molecule has 1 heterocycles. The Morgan fingerprint density at radius 2 is 1.66 bits per heavy atom. The van der Waals surface area contributed by atoms with Crippen LogP contribution in [0.2, 0.25) is 10.0 Å². The van der Waals surface area contributed by atoms with Crippen LogP contribution in [0.15, 0.2) is 73.3 Å². The number of pyridine rings is 1. The molecule has 4 aromatic rings. The van der Waals surface area contributed by atoms with Gasteiger partial charge in [0, 0.05) is 30.3 Å². The Balaban J connectivity index is 1.72. The second-order valence-corrected chi connectivity index (χ2v) is 9.65. The fourth-order valence-corrected chi connectivity index (χ4v) is 5.22. The molecule has 6 heteroatoms. The quantitative estimate of drug-likeness (QED) is 0.226. The van der Waals surface area contributed by atoms with Crippen molar-refractivity contribution in [2.75, 3.05) is 11.9 Å². The summed E-state index contributed by atoms with van der Waals surface area (Å²) in [6, 6.07) is 25.7. The lowest BCUT2D eigenvalue weighted by atomic mass is 9.99. The van der Waals surface area contributed by atoms with Gasteiger partial charge in [0.15, 0.2) is 0 Å². The lowest BCUT2D eigenvalue weighted by Gasteiger charge is -2.24. The Morgan fingerprint density at radius 3 is 2.34 bits per heavy atom. The SMILES string of the molecule is C=Cc1ccc(CC#N)cc1CN(C)c1cccc(-c2cccc(-c3ccc(C#N)c(CC)n3)c2Cl)c1Cl. The molecule has 4 rings (SSSR count). The average molecular weight is 537 g/mol. The van der Waals surface area contributed by atoms with Crippen LogP contribution in [0.25, 0.3) is 28.5 Å². The molecule has 1 aromatic heterocycles. The van der Waals surface area contributed by atoms with Gasteiger partial charge in [0.25, 0.3) is 0 Å². The summed E-state index contributed by atoms with van der Waals surface area (Å²) in [6.45, 7) is 6.50. The molecule has 38 heavy (non-hydrogen) atoms. The number of hydrogen-bond acceptors (Lipinski definition) is 4. The van der Waals surface area contributed by atoms with Gasteiger partial charge < -0.3 is 4.90 Å². The third-order valence-electron chi connectivity index (χ3n) is 6.50. The van der Waals surface area contributed by atoms with Crippen LogP contribution in [0.3, 0.4) is 0 Å². The lowest BCUT2D eigenvalue weighted by Crippen LogP contribution is -2.18. The minimum Gasteiger partial charge on any atom is -0.369 e. The highest BCUT2D eigenvalue weighted by molar-refractivity contribution is 6.39. The van der Waals surface area contributed by atoms with E-state index in [0.717, 1.165) is 44.8 Å². The molecule has 0 aliphatic rings. The van der Waals surface area contributed by atoms with E-state index >= 15 is 0 Å². The Morgan fingerprint density at radius 1 is 0.947 bits per heavy atom. The van der Waals surface area contributed by atoms with Crippen molar-refractivity contribution in [3.8, 4) is 34.5 Å². The number of benzene rings is 3. The monoisotopic (exact) mass is 536 g/mol. The summed E-state index contributed by atoms with van der Waals surface area (Å²) in [5, 5.41) is 19.6. The van der Waals surface area contributed by atoms with Gasteiger partial charge in [-0.1, -0.05) is 91.3 Å². The highest BCUT2D eigenvalue weighted by atomic mass is 35.5. The number of aryl methyl sites for hydroxylation is 1. The number of aromatic nitrogens is 1. The number of anilines is 1. The van der Waals surface area contributed by atoms with Crippen molar-refractivity contribution >= 4 is 35.0 Å². The first-order chi connectivity index (χ1) is 18.4. The van der Waals surface area contributed by atoms with E-state index < -0.39 is 0 Å². The van der Waals surface area contributed by atoms with Crippen LogP contribution in [0.4, 0.5) is 5.69 Å². The molecule has 0 aliphatic carbocycles. The maximum Gasteiger partial charge on any atom is 0.101 e. The molecule has 0 spiro atoms. The minimum absolute atomic E-state index is 0.354. The van der Waals surface area contributed by atoms with E-state index in [1.165, 1.54) is 0 Å². The van der Waals surface area contributed by atoms with Crippen LogP contribution in [0, 0.1) is 22.7 Å². The Hall–Kier alpha value is -4.09. The summed E-state index contributed by atoms with van der Waals surface area (Å²) >= 11 is 14.0. The number of hydrogen-bond donors (Lipinski definition) is 0. The topological polar surface area (TPSA) is 63.7 Å². The molecule has 0 fully saturated rings. The third kappa shape index (κ3) is 5.43. The van der Waals surface area contributed by atoms with Crippen LogP contribution < -0.4 is 4.90 Å². The molecule has 188 valence electrons. The molecule has 0 bridgehead atoms. The van der Waals surface area contributed by atoms with Gasteiger partial charge in [-0.05, 0) is 41.3 Å². The molecule has 0 saturated heterocycles. The van der Waals surface area contributed by atoms with Crippen molar-refractivity contribution in [1.29, 1.82) is 10.5 Å². The van der Waals surface area contributed by atoms with E-state index in [4.69, 9.17) is 33.4 Å². The molecule has 4 nitrogen and oxygen atoms in total. The zero-order valence-corrected chi connectivity index (χ0v) is 22.8. The van der Waals surface area contributed by atoms with E-state index in [0.29, 0.717) is 40.7 Å². The predicted molar refractivity (Wildman–Crippen MR) is 157 cm³/mol. The molecule has 3 aromatic carbocycles. The van der Waals surface area contributed by atoms with Crippen LogP contribution in [0.1, 0.15) is 34.9 Å². The molecule has 0 N–H and O–H groups in total. The predicted octanol–water partition coefficient (Wildman–Crippen LogP) is 8.50. The molecule has 0 amide bonds. The lowest BCUT2D eigenvalue weighted by molar-refractivity contribution is 0.918. The second-order valence-electron chi connectivity index (χ2n) is 8.89. The fourth-order valence-electron chi connectivity index (χ4n) is 4.52. The smallest absolute Gasteiger partial charge is 0.101 e. The van der Waals surface area contributed by atoms with Gasteiger partial charge in [-0.2, -0.15) is 10.5 Å². The summed E-state index contributed by atoms with van der Waals surface area (Å²) in [6.07, 6.45) is 2.83. The first kappa shape index (κ1) is 27.0. The second kappa shape index (κ2) is 12.0. The summed E-state index contributed by atoms with van der Waals surface area (Å²) in [4.78, 5) is 6.78. The molecule has 0 unspecified atom stereocenters. The Labute approximate surface area is 234 Å². The van der Waals surface area contributed by atoms with Gasteiger partial charge >= 0.3 is 0 Å². The van der Waals surface area contributed by atoms with Crippen molar-refractivity contribution < 1.29 is 0 Å². The summed E-state index contributed by atoms with van der Waals surface area (Å²) in [7, 11) is 1.99. The number of halogens is 2. The maximum atomic E-state index is 9.37. The van der Waals surface area contributed by atoms with Crippen LogP contribution in [0.5, 0.6) is 0 Å². The average Bonchev–Trinajstić information content (AvgIpc) is 2.93. The first-order valence-corrected chi connectivity index (χ1v) is 13.0. The van der Waals surface area contributed by atoms with Crippen molar-refractivity contribution in [1.82, 2.24) is 4.98 Å². The highest BCUT2D eigenvalue weighted by Gasteiger charge is 2.18. The molecule has 0 aliphatic heterocycles. The third-order valence-corrected chi connectivity index (χ3v) is 7.31. The first-order valence-electron chi connectivity index (χ1n) is 12.2. The van der Waals surface area contributed by atoms with Gasteiger partial charge in [-0.25, -0.2) is 0 Å². The van der Waals surface area contributed by atoms with Gasteiger partial charge in [0.2, 0.25) is 0 Å². The van der Waals surface area contributed by atoms with Crippen LogP contribution in [-0.2, 0) is 19.4 Å². The summed E-state index contributed by atoms with van der Waals surface area (Å²) < 4.78 is 0. The van der Waals surface area contributed by atoms with Crippen molar-refractivity contribution in [2.24, 2.45) is 0 Å². The maximum absolute atomic E-state index is 9.37. The van der Waals surface area contributed by atoms with E-state index in [2.05, 4.69) is 23.6 Å². The number of rotatable bonds is 8. The summed E-state index contributed by atoms with van der Waals surface area (Å²) in [5.41, 5.74) is 8.33. The number of nitrogens with zero attached hydrogens (tertiary/aromatic N) is 4. The standard InChI is InChI=1S/C32H26Cl2N4/c1-4-22-13-12-21(16-17-35)18-24(22)20-38(3)30-11-7-9-26(32(30)34)25-8-6-10-27(31(25)33)29-15-14-23(19-36)28(5-2)37-29/h4,6-15,18H,1,5,16,20H2,2-3H3. The van der Waals surface area contributed by atoms with E-state index in [1.54, 1.807) is 6.07 Å². The van der Waals surface area contributed by atoms with Crippen molar-refractivity contribution in [3.05, 3.63) is 111 Å². The zero-order chi connectivity index (χ0) is 27.2. The van der Waals surface area contributed by atoms with Gasteiger partial charge in [-0.3, -0.25) is 4.98 Å². The van der Waals surface area contributed by atoms with Crippen molar-refractivity contribution in [2.45, 2.75) is 26.3 Å². The van der Waals surface area contributed by atoms with Crippen LogP contribution >= 0.6 is 23.2 Å². The zero-order valence-electron chi connectivity index (χ0n) is 21.3. The van der Waals surface area contributed by atoms with Crippen LogP contribution in [-0.4, -0.2) is 12.0 Å². The van der Waals surface area contributed by atoms with E-state index in [-0.39, 0.29) is 0 Å².